The normalized spacial score (nSPS) is 14.3. The molecule has 5 nitrogen and oxygen atoms in total. The summed E-state index contributed by atoms with van der Waals surface area (Å²) in [5, 5.41) is 11.3. The van der Waals surface area contributed by atoms with E-state index in [1.807, 2.05) is 6.07 Å². The predicted octanol–water partition coefficient (Wildman–Crippen LogP) is 1.22. The van der Waals surface area contributed by atoms with Crippen molar-refractivity contribution in [2.45, 2.75) is 19.3 Å². The Balaban J connectivity index is 2.08. The van der Waals surface area contributed by atoms with Gasteiger partial charge in [-0.1, -0.05) is 0 Å². The zero-order valence-electron chi connectivity index (χ0n) is 9.94. The summed E-state index contributed by atoms with van der Waals surface area (Å²) in [4.78, 5) is 22.1. The molecule has 0 atom stereocenters. The maximum absolute atomic E-state index is 11.7. The van der Waals surface area contributed by atoms with E-state index in [1.54, 1.807) is 12.1 Å². The first-order valence-corrected chi connectivity index (χ1v) is 5.92. The van der Waals surface area contributed by atoms with Crippen LogP contribution in [0.1, 0.15) is 28.8 Å². The van der Waals surface area contributed by atoms with Crippen molar-refractivity contribution in [2.24, 2.45) is 0 Å². The Bertz CT molecular complexity index is 470. The molecule has 0 aromatic heterocycles. The van der Waals surface area contributed by atoms with Crippen LogP contribution in [0.2, 0.25) is 0 Å². The largest absolute Gasteiger partial charge is 0.493 e. The third-order valence-electron chi connectivity index (χ3n) is 2.81. The fourth-order valence-corrected chi connectivity index (χ4v) is 1.92. The van der Waals surface area contributed by atoms with E-state index in [4.69, 9.17) is 9.84 Å². The van der Waals surface area contributed by atoms with E-state index < -0.39 is 5.97 Å². The fourth-order valence-electron chi connectivity index (χ4n) is 1.92. The number of fused-ring (bicyclic) bond motifs is 1. The Morgan fingerprint density at radius 1 is 1.44 bits per heavy atom. The lowest BCUT2D eigenvalue weighted by Gasteiger charge is -2.09. The van der Waals surface area contributed by atoms with Crippen LogP contribution >= 0.6 is 0 Å². The minimum Gasteiger partial charge on any atom is -0.493 e. The van der Waals surface area contributed by atoms with Crippen molar-refractivity contribution < 1.29 is 19.4 Å². The first-order valence-electron chi connectivity index (χ1n) is 5.92. The van der Waals surface area contributed by atoms with E-state index in [1.165, 1.54) is 0 Å². The lowest BCUT2D eigenvalue weighted by atomic mass is 10.0. The second-order valence-electron chi connectivity index (χ2n) is 4.17. The van der Waals surface area contributed by atoms with Crippen LogP contribution in [0.3, 0.4) is 0 Å². The number of hydrogen-bond donors (Lipinski definition) is 2. The Kier molecular flexibility index (Phi) is 3.82. The molecule has 0 fully saturated rings. The number of carboxylic acid groups (broad SMARTS) is 1. The molecule has 0 unspecified atom stereocenters. The number of rotatable bonds is 4. The Morgan fingerprint density at radius 2 is 2.28 bits per heavy atom. The molecule has 0 aliphatic carbocycles. The number of benzene rings is 1. The highest BCUT2D eigenvalue weighted by Gasteiger charge is 2.15. The molecule has 1 heterocycles. The van der Waals surface area contributed by atoms with Gasteiger partial charge in [0.2, 0.25) is 0 Å². The van der Waals surface area contributed by atoms with Crippen LogP contribution in [0.15, 0.2) is 18.2 Å². The topological polar surface area (TPSA) is 75.6 Å². The second-order valence-corrected chi connectivity index (χ2v) is 4.17. The van der Waals surface area contributed by atoms with Gasteiger partial charge in [0.1, 0.15) is 5.75 Å². The van der Waals surface area contributed by atoms with Gasteiger partial charge in [-0.05, 0) is 36.6 Å². The molecule has 5 heteroatoms. The summed E-state index contributed by atoms with van der Waals surface area (Å²) in [5.41, 5.74) is 1.64. The van der Waals surface area contributed by atoms with Gasteiger partial charge in [-0.3, -0.25) is 9.59 Å². The molecule has 96 valence electrons. The lowest BCUT2D eigenvalue weighted by molar-refractivity contribution is -0.137. The lowest BCUT2D eigenvalue weighted by Crippen LogP contribution is -2.22. The van der Waals surface area contributed by atoms with Crippen molar-refractivity contribution in [1.82, 2.24) is 5.32 Å². The summed E-state index contributed by atoms with van der Waals surface area (Å²) in [5.74, 6) is -0.326. The number of carbonyl (C=O) groups excluding carboxylic acids is 1. The Hall–Kier alpha value is -2.04. The molecule has 2 rings (SSSR count). The second kappa shape index (κ2) is 5.53. The molecule has 0 saturated carbocycles. The van der Waals surface area contributed by atoms with Gasteiger partial charge in [0.15, 0.2) is 0 Å². The molecular formula is C13H15NO4. The van der Waals surface area contributed by atoms with Crippen molar-refractivity contribution in [3.63, 3.8) is 0 Å². The number of aryl methyl sites for hydroxylation is 1. The number of aliphatic carboxylic acids is 1. The molecule has 0 spiro atoms. The van der Waals surface area contributed by atoms with Gasteiger partial charge >= 0.3 is 5.97 Å². The van der Waals surface area contributed by atoms with Crippen LogP contribution < -0.4 is 10.1 Å². The molecule has 1 aliphatic heterocycles. The van der Waals surface area contributed by atoms with E-state index in [0.29, 0.717) is 17.9 Å². The molecule has 1 amide bonds. The smallest absolute Gasteiger partial charge is 0.306 e. The van der Waals surface area contributed by atoms with Crippen LogP contribution in [0.4, 0.5) is 0 Å². The van der Waals surface area contributed by atoms with E-state index in [-0.39, 0.29) is 18.9 Å². The van der Waals surface area contributed by atoms with Crippen molar-refractivity contribution in [2.75, 3.05) is 13.2 Å². The average molecular weight is 249 g/mol. The maximum atomic E-state index is 11.7. The van der Waals surface area contributed by atoms with Gasteiger partial charge in [-0.15, -0.1) is 0 Å². The third kappa shape index (κ3) is 3.00. The van der Waals surface area contributed by atoms with Gasteiger partial charge < -0.3 is 15.2 Å². The summed E-state index contributed by atoms with van der Waals surface area (Å²) >= 11 is 0. The predicted molar refractivity (Wildman–Crippen MR) is 64.8 cm³/mol. The molecule has 0 bridgehead atoms. The van der Waals surface area contributed by atoms with E-state index in [0.717, 1.165) is 18.4 Å². The number of amides is 1. The third-order valence-corrected chi connectivity index (χ3v) is 2.81. The summed E-state index contributed by atoms with van der Waals surface area (Å²) in [6.07, 6.45) is 1.69. The Labute approximate surface area is 105 Å². The van der Waals surface area contributed by atoms with Gasteiger partial charge in [0.05, 0.1) is 13.0 Å². The van der Waals surface area contributed by atoms with E-state index >= 15 is 0 Å². The van der Waals surface area contributed by atoms with Crippen molar-refractivity contribution in [1.29, 1.82) is 0 Å². The highest BCUT2D eigenvalue weighted by Crippen LogP contribution is 2.21. The SMILES string of the molecule is O=C(O)CCOc1ccc2c(c1)CCCNC2=O. The van der Waals surface area contributed by atoms with Crippen molar-refractivity contribution in [3.05, 3.63) is 29.3 Å². The zero-order chi connectivity index (χ0) is 13.0. The molecule has 1 aromatic rings. The highest BCUT2D eigenvalue weighted by atomic mass is 16.5. The number of hydrogen-bond acceptors (Lipinski definition) is 3. The van der Waals surface area contributed by atoms with E-state index in [2.05, 4.69) is 5.32 Å². The summed E-state index contributed by atoms with van der Waals surface area (Å²) < 4.78 is 5.35. The van der Waals surface area contributed by atoms with Crippen LogP contribution in [0, 0.1) is 0 Å². The van der Waals surface area contributed by atoms with Gasteiger partial charge in [0.25, 0.3) is 5.91 Å². The minimum absolute atomic E-state index is 0.0302. The van der Waals surface area contributed by atoms with Crippen LogP contribution in [0.5, 0.6) is 5.75 Å². The molecule has 2 N–H and O–H groups in total. The van der Waals surface area contributed by atoms with Gasteiger partial charge in [0, 0.05) is 12.1 Å². The summed E-state index contributed by atoms with van der Waals surface area (Å²) in [6.45, 7) is 0.822. The van der Waals surface area contributed by atoms with Gasteiger partial charge in [-0.25, -0.2) is 0 Å². The van der Waals surface area contributed by atoms with Crippen LogP contribution in [0.25, 0.3) is 0 Å². The average Bonchev–Trinajstić information content (AvgIpc) is 2.51. The molecule has 0 radical (unpaired) electrons. The molecular weight excluding hydrogens is 234 g/mol. The first kappa shape index (κ1) is 12.4. The first-order chi connectivity index (χ1) is 8.66. The standard InChI is InChI=1S/C13H15NO4/c15-12(16)5-7-18-10-3-4-11-9(8-10)2-1-6-14-13(11)17/h3-4,8H,1-2,5-7H2,(H,14,17)(H,15,16). The van der Waals surface area contributed by atoms with E-state index in [9.17, 15) is 9.59 Å². The summed E-state index contributed by atoms with van der Waals surface area (Å²) in [6, 6.07) is 5.25. The molecule has 1 aromatic carbocycles. The number of carboxylic acids is 1. The summed E-state index contributed by atoms with van der Waals surface area (Å²) in [7, 11) is 0. The Morgan fingerprint density at radius 3 is 3.06 bits per heavy atom. The van der Waals surface area contributed by atoms with Crippen LogP contribution in [-0.2, 0) is 11.2 Å². The minimum atomic E-state index is -0.885. The maximum Gasteiger partial charge on any atom is 0.306 e. The fraction of sp³-hybridized carbons (Fsp3) is 0.385. The molecule has 0 saturated heterocycles. The highest BCUT2D eigenvalue weighted by molar-refractivity contribution is 5.96. The van der Waals surface area contributed by atoms with Crippen molar-refractivity contribution >= 4 is 11.9 Å². The monoisotopic (exact) mass is 249 g/mol. The quantitative estimate of drug-likeness (QED) is 0.841. The number of nitrogens with one attached hydrogen (secondary N) is 1. The molecule has 1 aliphatic rings. The number of carbonyl (C=O) groups is 2. The van der Waals surface area contributed by atoms with Crippen LogP contribution in [-0.4, -0.2) is 30.1 Å². The number of ether oxygens (including phenoxy) is 1. The van der Waals surface area contributed by atoms with Crippen molar-refractivity contribution in [3.8, 4) is 5.75 Å². The molecule has 18 heavy (non-hydrogen) atoms. The zero-order valence-corrected chi connectivity index (χ0v) is 9.94. The van der Waals surface area contributed by atoms with Gasteiger partial charge in [-0.2, -0.15) is 0 Å².